The Kier molecular flexibility index (Phi) is 6.08. The minimum absolute atomic E-state index is 0.0484. The van der Waals surface area contributed by atoms with Crippen molar-refractivity contribution in [3.8, 4) is 0 Å². The standard InChI is InChI=1S/C20H29N5O2S/c1-14-6-12-28-17(14)13-24-7-3-18-22-23-19(25(18)9-8-24)15(2)21-20(26)16-4-10-27-11-5-16/h6,12,15-16H,3-5,7-11,13H2,1-2H3,(H,21,26). The third kappa shape index (κ3) is 4.29. The van der Waals surface area contributed by atoms with Crippen LogP contribution in [0.15, 0.2) is 11.4 Å². The predicted octanol–water partition coefficient (Wildman–Crippen LogP) is 2.31. The van der Waals surface area contributed by atoms with Gasteiger partial charge >= 0.3 is 0 Å². The Hall–Kier alpha value is -1.77. The lowest BCUT2D eigenvalue weighted by Crippen LogP contribution is -2.36. The summed E-state index contributed by atoms with van der Waals surface area (Å²) in [5.41, 5.74) is 1.37. The molecule has 0 aliphatic carbocycles. The Morgan fingerprint density at radius 3 is 2.89 bits per heavy atom. The van der Waals surface area contributed by atoms with Crippen LogP contribution in [0.4, 0.5) is 0 Å². The first kappa shape index (κ1) is 19.5. The highest BCUT2D eigenvalue weighted by atomic mass is 32.1. The van der Waals surface area contributed by atoms with Gasteiger partial charge in [0.25, 0.3) is 0 Å². The van der Waals surface area contributed by atoms with Gasteiger partial charge in [0.2, 0.25) is 5.91 Å². The zero-order chi connectivity index (χ0) is 19.5. The molecular formula is C20H29N5O2S. The molecule has 0 aromatic carbocycles. The molecule has 152 valence electrons. The number of carbonyl (C=O) groups is 1. The first-order chi connectivity index (χ1) is 13.6. The molecule has 2 aromatic rings. The minimum Gasteiger partial charge on any atom is -0.381 e. The lowest BCUT2D eigenvalue weighted by Gasteiger charge is -2.23. The maximum absolute atomic E-state index is 12.6. The first-order valence-corrected chi connectivity index (χ1v) is 11.0. The molecule has 2 aliphatic heterocycles. The number of hydrogen-bond donors (Lipinski definition) is 1. The zero-order valence-corrected chi connectivity index (χ0v) is 17.5. The quantitative estimate of drug-likeness (QED) is 0.829. The number of nitrogens with one attached hydrogen (secondary N) is 1. The van der Waals surface area contributed by atoms with E-state index in [2.05, 4.69) is 43.4 Å². The molecule has 0 saturated carbocycles. The van der Waals surface area contributed by atoms with Gasteiger partial charge in [0.15, 0.2) is 5.82 Å². The molecule has 2 aliphatic rings. The number of fused-ring (bicyclic) bond motifs is 1. The van der Waals surface area contributed by atoms with Gasteiger partial charge in [0, 0.05) is 56.6 Å². The molecule has 1 amide bonds. The van der Waals surface area contributed by atoms with Gasteiger partial charge in [-0.3, -0.25) is 9.69 Å². The van der Waals surface area contributed by atoms with Crippen LogP contribution in [-0.2, 0) is 29.0 Å². The average molecular weight is 404 g/mol. The summed E-state index contributed by atoms with van der Waals surface area (Å²) >= 11 is 1.83. The summed E-state index contributed by atoms with van der Waals surface area (Å²) in [5.74, 6) is 2.04. The number of thiophene rings is 1. The molecule has 0 spiro atoms. The smallest absolute Gasteiger partial charge is 0.223 e. The molecule has 1 fully saturated rings. The Morgan fingerprint density at radius 1 is 1.32 bits per heavy atom. The van der Waals surface area contributed by atoms with Crippen LogP contribution in [0.5, 0.6) is 0 Å². The van der Waals surface area contributed by atoms with Crippen molar-refractivity contribution in [1.82, 2.24) is 25.0 Å². The van der Waals surface area contributed by atoms with Gasteiger partial charge < -0.3 is 14.6 Å². The Labute approximate surface area is 170 Å². The highest BCUT2D eigenvalue weighted by Gasteiger charge is 2.26. The number of nitrogens with zero attached hydrogens (tertiary/aromatic N) is 4. The molecule has 1 unspecified atom stereocenters. The van der Waals surface area contributed by atoms with E-state index in [0.717, 1.165) is 57.1 Å². The van der Waals surface area contributed by atoms with Crippen molar-refractivity contribution in [2.24, 2.45) is 5.92 Å². The molecular weight excluding hydrogens is 374 g/mol. The van der Waals surface area contributed by atoms with Gasteiger partial charge in [-0.1, -0.05) is 0 Å². The number of hydrogen-bond acceptors (Lipinski definition) is 6. The van der Waals surface area contributed by atoms with Crippen molar-refractivity contribution in [3.63, 3.8) is 0 Å². The van der Waals surface area contributed by atoms with E-state index in [1.807, 2.05) is 18.3 Å². The molecule has 8 heteroatoms. The molecule has 28 heavy (non-hydrogen) atoms. The number of amides is 1. The van der Waals surface area contributed by atoms with E-state index in [9.17, 15) is 4.79 Å². The second-order valence-electron chi connectivity index (χ2n) is 7.80. The van der Waals surface area contributed by atoms with E-state index in [1.54, 1.807) is 0 Å². The molecule has 1 N–H and O–H groups in total. The SMILES string of the molecule is Cc1ccsc1CN1CCc2nnc(C(C)NC(=O)C3CCOCC3)n2CC1. The second-order valence-corrected chi connectivity index (χ2v) is 8.80. The highest BCUT2D eigenvalue weighted by Crippen LogP contribution is 2.21. The van der Waals surface area contributed by atoms with E-state index in [0.29, 0.717) is 13.2 Å². The van der Waals surface area contributed by atoms with E-state index in [-0.39, 0.29) is 17.9 Å². The largest absolute Gasteiger partial charge is 0.381 e. The topological polar surface area (TPSA) is 72.3 Å². The fraction of sp³-hybridized carbons (Fsp3) is 0.650. The van der Waals surface area contributed by atoms with Crippen LogP contribution in [0.1, 0.15) is 47.9 Å². The summed E-state index contributed by atoms with van der Waals surface area (Å²) in [6.07, 6.45) is 2.49. The van der Waals surface area contributed by atoms with Gasteiger partial charge in [0.1, 0.15) is 5.82 Å². The van der Waals surface area contributed by atoms with Crippen LogP contribution < -0.4 is 5.32 Å². The lowest BCUT2D eigenvalue weighted by atomic mass is 9.99. The van der Waals surface area contributed by atoms with Crippen LogP contribution in [-0.4, -0.2) is 51.9 Å². The molecule has 1 atom stereocenters. The van der Waals surface area contributed by atoms with E-state index in [1.165, 1.54) is 10.4 Å². The van der Waals surface area contributed by atoms with Gasteiger partial charge in [-0.15, -0.1) is 21.5 Å². The molecule has 1 saturated heterocycles. The van der Waals surface area contributed by atoms with Crippen molar-refractivity contribution in [3.05, 3.63) is 33.5 Å². The summed E-state index contributed by atoms with van der Waals surface area (Å²) in [7, 11) is 0. The third-order valence-corrected chi connectivity index (χ3v) is 6.83. The number of ether oxygens (including phenoxy) is 1. The van der Waals surface area contributed by atoms with Crippen molar-refractivity contribution < 1.29 is 9.53 Å². The number of carbonyl (C=O) groups excluding carboxylic acids is 1. The molecule has 7 nitrogen and oxygen atoms in total. The average Bonchev–Trinajstić information content (AvgIpc) is 3.24. The summed E-state index contributed by atoms with van der Waals surface area (Å²) < 4.78 is 7.56. The van der Waals surface area contributed by atoms with Crippen LogP contribution in [0.3, 0.4) is 0 Å². The van der Waals surface area contributed by atoms with Crippen LogP contribution in [0.25, 0.3) is 0 Å². The number of aryl methyl sites for hydroxylation is 1. The minimum atomic E-state index is -0.136. The van der Waals surface area contributed by atoms with Crippen molar-refractivity contribution in [2.45, 2.75) is 52.2 Å². The maximum Gasteiger partial charge on any atom is 0.223 e. The Balaban J connectivity index is 1.39. The molecule has 2 aromatic heterocycles. The zero-order valence-electron chi connectivity index (χ0n) is 16.7. The van der Waals surface area contributed by atoms with Gasteiger partial charge in [0.05, 0.1) is 6.04 Å². The summed E-state index contributed by atoms with van der Waals surface area (Å²) in [4.78, 5) is 16.5. The lowest BCUT2D eigenvalue weighted by molar-refractivity contribution is -0.128. The summed E-state index contributed by atoms with van der Waals surface area (Å²) in [6.45, 7) is 9.34. The van der Waals surface area contributed by atoms with Gasteiger partial charge in [-0.2, -0.15) is 0 Å². The molecule has 4 heterocycles. The molecule has 0 radical (unpaired) electrons. The van der Waals surface area contributed by atoms with Crippen LogP contribution >= 0.6 is 11.3 Å². The van der Waals surface area contributed by atoms with E-state index in [4.69, 9.17) is 4.74 Å². The normalized spacial score (nSPS) is 19.8. The van der Waals surface area contributed by atoms with Crippen LogP contribution in [0.2, 0.25) is 0 Å². The third-order valence-electron chi connectivity index (χ3n) is 5.82. The first-order valence-electron chi connectivity index (χ1n) is 10.2. The van der Waals surface area contributed by atoms with Crippen molar-refractivity contribution >= 4 is 17.2 Å². The maximum atomic E-state index is 12.6. The summed E-state index contributed by atoms with van der Waals surface area (Å²) in [5, 5.41) is 14.1. The van der Waals surface area contributed by atoms with E-state index >= 15 is 0 Å². The van der Waals surface area contributed by atoms with E-state index < -0.39 is 0 Å². The van der Waals surface area contributed by atoms with Crippen molar-refractivity contribution in [1.29, 1.82) is 0 Å². The second kappa shape index (κ2) is 8.71. The fourth-order valence-corrected chi connectivity index (χ4v) is 4.94. The predicted molar refractivity (Wildman–Crippen MR) is 108 cm³/mol. The Morgan fingerprint density at radius 2 is 2.14 bits per heavy atom. The van der Waals surface area contributed by atoms with Gasteiger partial charge in [-0.25, -0.2) is 0 Å². The number of aromatic nitrogens is 3. The molecule has 4 rings (SSSR count). The Bertz CT molecular complexity index is 811. The molecule has 0 bridgehead atoms. The highest BCUT2D eigenvalue weighted by molar-refractivity contribution is 7.10. The van der Waals surface area contributed by atoms with Crippen molar-refractivity contribution in [2.75, 3.05) is 26.3 Å². The number of rotatable bonds is 5. The monoisotopic (exact) mass is 403 g/mol. The van der Waals surface area contributed by atoms with Gasteiger partial charge in [-0.05, 0) is 43.7 Å². The fourth-order valence-electron chi connectivity index (χ4n) is 3.99. The summed E-state index contributed by atoms with van der Waals surface area (Å²) in [6, 6.07) is 2.05. The van der Waals surface area contributed by atoms with Crippen LogP contribution in [0, 0.1) is 12.8 Å².